The first-order valence-electron chi connectivity index (χ1n) is 6.63. The fraction of sp³-hybridized carbons (Fsp3) is 0.333. The summed E-state index contributed by atoms with van der Waals surface area (Å²) in [6.07, 6.45) is 2.11. The van der Waals surface area contributed by atoms with Crippen LogP contribution in [0.2, 0.25) is 0 Å². The van der Waals surface area contributed by atoms with Crippen LogP contribution in [0, 0.1) is 5.92 Å². The third-order valence-electron chi connectivity index (χ3n) is 2.83. The van der Waals surface area contributed by atoms with Crippen LogP contribution in [0.3, 0.4) is 0 Å². The molecule has 0 bridgehead atoms. The van der Waals surface area contributed by atoms with Gasteiger partial charge < -0.3 is 15.5 Å². The van der Waals surface area contributed by atoms with Crippen molar-refractivity contribution in [2.24, 2.45) is 11.7 Å². The van der Waals surface area contributed by atoms with Crippen LogP contribution >= 0.6 is 0 Å². The summed E-state index contributed by atoms with van der Waals surface area (Å²) in [6.45, 7) is 4.15. The van der Waals surface area contributed by atoms with Crippen molar-refractivity contribution in [3.05, 3.63) is 48.2 Å². The van der Waals surface area contributed by atoms with Gasteiger partial charge in [-0.25, -0.2) is 4.98 Å². The number of hydrogen-bond donors (Lipinski definition) is 2. The predicted molar refractivity (Wildman–Crippen MR) is 77.3 cm³/mol. The van der Waals surface area contributed by atoms with Crippen LogP contribution in [-0.2, 0) is 0 Å². The number of hydrogen-bond acceptors (Lipinski definition) is 4. The molecular formula is C15H19N3O2. The highest BCUT2D eigenvalue weighted by atomic mass is 16.3. The Morgan fingerprint density at radius 3 is 2.70 bits per heavy atom. The fourth-order valence-electron chi connectivity index (χ4n) is 1.89. The number of benzene rings is 1. The lowest BCUT2D eigenvalue weighted by molar-refractivity contribution is 0.102. The van der Waals surface area contributed by atoms with Gasteiger partial charge in [-0.2, -0.15) is 0 Å². The van der Waals surface area contributed by atoms with E-state index in [1.807, 2.05) is 30.3 Å². The second-order valence-electron chi connectivity index (χ2n) is 5.13. The molecule has 0 aliphatic rings. The van der Waals surface area contributed by atoms with Crippen molar-refractivity contribution in [3.63, 3.8) is 0 Å². The van der Waals surface area contributed by atoms with Crippen molar-refractivity contribution in [2.45, 2.75) is 26.3 Å². The highest BCUT2D eigenvalue weighted by Crippen LogP contribution is 2.18. The number of para-hydroxylation sites is 1. The molecule has 1 aromatic carbocycles. The molecule has 0 radical (unpaired) electrons. The molecule has 1 atom stereocenters. The number of amides is 1. The number of carbonyl (C=O) groups is 1. The Morgan fingerprint density at radius 2 is 2.05 bits per heavy atom. The Balaban J connectivity index is 2.03. The number of oxazole rings is 1. The SMILES string of the molecule is CC(C)CC(N)c1nc(C(=O)Nc2ccccc2)co1. The van der Waals surface area contributed by atoms with E-state index in [1.165, 1.54) is 6.26 Å². The van der Waals surface area contributed by atoms with Crippen LogP contribution < -0.4 is 11.1 Å². The van der Waals surface area contributed by atoms with Crippen molar-refractivity contribution in [1.82, 2.24) is 4.98 Å². The number of nitrogens with two attached hydrogens (primary N) is 1. The molecule has 2 rings (SSSR count). The lowest BCUT2D eigenvalue weighted by Crippen LogP contribution is -2.15. The van der Waals surface area contributed by atoms with Crippen LogP contribution in [0.4, 0.5) is 5.69 Å². The molecule has 0 fully saturated rings. The first kappa shape index (κ1) is 14.3. The Morgan fingerprint density at radius 1 is 1.35 bits per heavy atom. The third kappa shape index (κ3) is 3.68. The summed E-state index contributed by atoms with van der Waals surface area (Å²) in [4.78, 5) is 16.2. The summed E-state index contributed by atoms with van der Waals surface area (Å²) in [5.74, 6) is 0.540. The summed E-state index contributed by atoms with van der Waals surface area (Å²) in [5.41, 5.74) is 6.93. The molecule has 20 heavy (non-hydrogen) atoms. The quantitative estimate of drug-likeness (QED) is 0.877. The highest BCUT2D eigenvalue weighted by molar-refractivity contribution is 6.02. The second-order valence-corrected chi connectivity index (χ2v) is 5.13. The molecule has 2 aromatic rings. The van der Waals surface area contributed by atoms with Gasteiger partial charge in [-0.1, -0.05) is 32.0 Å². The monoisotopic (exact) mass is 273 g/mol. The van der Waals surface area contributed by atoms with E-state index in [0.717, 1.165) is 6.42 Å². The molecule has 0 aliphatic heterocycles. The Labute approximate surface area is 118 Å². The van der Waals surface area contributed by atoms with E-state index in [2.05, 4.69) is 24.1 Å². The van der Waals surface area contributed by atoms with Gasteiger partial charge in [0, 0.05) is 5.69 Å². The molecule has 1 aromatic heterocycles. The van der Waals surface area contributed by atoms with Crippen LogP contribution in [0.1, 0.15) is 42.7 Å². The number of rotatable bonds is 5. The van der Waals surface area contributed by atoms with Gasteiger partial charge in [0.2, 0.25) is 5.89 Å². The van der Waals surface area contributed by atoms with Crippen LogP contribution in [0.5, 0.6) is 0 Å². The van der Waals surface area contributed by atoms with Crippen molar-refractivity contribution >= 4 is 11.6 Å². The fourth-order valence-corrected chi connectivity index (χ4v) is 1.89. The Hall–Kier alpha value is -2.14. The third-order valence-corrected chi connectivity index (χ3v) is 2.83. The molecule has 0 spiro atoms. The minimum absolute atomic E-state index is 0.239. The van der Waals surface area contributed by atoms with Crippen molar-refractivity contribution in [2.75, 3.05) is 5.32 Å². The van der Waals surface area contributed by atoms with Crippen molar-refractivity contribution in [1.29, 1.82) is 0 Å². The Bertz CT molecular complexity index is 564. The molecule has 1 amide bonds. The summed E-state index contributed by atoms with van der Waals surface area (Å²) >= 11 is 0. The summed E-state index contributed by atoms with van der Waals surface area (Å²) in [6, 6.07) is 8.92. The topological polar surface area (TPSA) is 81.1 Å². The minimum Gasteiger partial charge on any atom is -0.446 e. The molecule has 106 valence electrons. The average Bonchev–Trinajstić information content (AvgIpc) is 2.89. The van der Waals surface area contributed by atoms with Gasteiger partial charge in [0.25, 0.3) is 5.91 Å². The molecule has 3 N–H and O–H groups in total. The zero-order chi connectivity index (χ0) is 14.5. The van der Waals surface area contributed by atoms with E-state index < -0.39 is 0 Å². The van der Waals surface area contributed by atoms with Gasteiger partial charge in [0.1, 0.15) is 6.26 Å². The van der Waals surface area contributed by atoms with E-state index >= 15 is 0 Å². The number of aromatic nitrogens is 1. The molecule has 5 nitrogen and oxygen atoms in total. The maximum Gasteiger partial charge on any atom is 0.277 e. The molecule has 0 saturated heterocycles. The maximum atomic E-state index is 12.0. The molecule has 1 heterocycles. The lowest BCUT2D eigenvalue weighted by Gasteiger charge is -2.09. The summed E-state index contributed by atoms with van der Waals surface area (Å²) in [5, 5.41) is 2.75. The smallest absolute Gasteiger partial charge is 0.277 e. The van der Waals surface area contributed by atoms with Gasteiger partial charge in [0.15, 0.2) is 5.69 Å². The second kappa shape index (κ2) is 6.34. The normalized spacial score (nSPS) is 12.4. The van der Waals surface area contributed by atoms with Crippen LogP contribution in [-0.4, -0.2) is 10.9 Å². The minimum atomic E-state index is -0.303. The molecule has 1 unspecified atom stereocenters. The van der Waals surface area contributed by atoms with E-state index in [9.17, 15) is 4.79 Å². The van der Waals surface area contributed by atoms with Gasteiger partial charge in [0.05, 0.1) is 6.04 Å². The zero-order valence-electron chi connectivity index (χ0n) is 11.7. The molecule has 0 saturated carbocycles. The van der Waals surface area contributed by atoms with Crippen LogP contribution in [0.25, 0.3) is 0 Å². The number of nitrogens with zero attached hydrogens (tertiary/aromatic N) is 1. The summed E-state index contributed by atoms with van der Waals surface area (Å²) < 4.78 is 5.29. The number of anilines is 1. The predicted octanol–water partition coefficient (Wildman–Crippen LogP) is 2.97. The molecule has 5 heteroatoms. The van der Waals surface area contributed by atoms with Gasteiger partial charge in [-0.3, -0.25) is 4.79 Å². The first-order chi connectivity index (χ1) is 9.56. The molecule has 0 aliphatic carbocycles. The standard InChI is InChI=1S/C15H19N3O2/c1-10(2)8-12(16)15-18-13(9-20-15)14(19)17-11-6-4-3-5-7-11/h3-7,9-10,12H,8,16H2,1-2H3,(H,17,19). The lowest BCUT2D eigenvalue weighted by atomic mass is 10.0. The number of carbonyl (C=O) groups excluding carboxylic acids is 1. The Kier molecular flexibility index (Phi) is 4.53. The van der Waals surface area contributed by atoms with Gasteiger partial charge in [-0.15, -0.1) is 0 Å². The zero-order valence-corrected chi connectivity index (χ0v) is 11.7. The first-order valence-corrected chi connectivity index (χ1v) is 6.63. The molecular weight excluding hydrogens is 254 g/mol. The van der Waals surface area contributed by atoms with E-state index in [1.54, 1.807) is 0 Å². The van der Waals surface area contributed by atoms with E-state index in [0.29, 0.717) is 17.5 Å². The van der Waals surface area contributed by atoms with E-state index in [4.69, 9.17) is 10.2 Å². The van der Waals surface area contributed by atoms with Crippen LogP contribution in [0.15, 0.2) is 41.0 Å². The van der Waals surface area contributed by atoms with Gasteiger partial charge >= 0.3 is 0 Å². The average molecular weight is 273 g/mol. The highest BCUT2D eigenvalue weighted by Gasteiger charge is 2.17. The largest absolute Gasteiger partial charge is 0.446 e. The summed E-state index contributed by atoms with van der Waals surface area (Å²) in [7, 11) is 0. The van der Waals surface area contributed by atoms with Crippen molar-refractivity contribution in [3.8, 4) is 0 Å². The van der Waals surface area contributed by atoms with Crippen molar-refractivity contribution < 1.29 is 9.21 Å². The number of nitrogens with one attached hydrogen (secondary N) is 1. The van der Waals surface area contributed by atoms with Gasteiger partial charge in [-0.05, 0) is 24.5 Å². The van der Waals surface area contributed by atoms with E-state index in [-0.39, 0.29) is 17.6 Å². The maximum absolute atomic E-state index is 12.0.